The number of nitrogens with zero attached hydrogens (tertiary/aromatic N) is 1. The SMILES string of the molecule is CCOc1ccc(C(C)=O)cc1CN1CCCC(CNC(=O)C2CCCN2)C1. The fourth-order valence-electron chi connectivity index (χ4n) is 4.20. The molecule has 0 aliphatic carbocycles. The highest BCUT2D eigenvalue weighted by atomic mass is 16.5. The third kappa shape index (κ3) is 5.55. The summed E-state index contributed by atoms with van der Waals surface area (Å²) in [5.74, 6) is 1.53. The first-order valence-electron chi connectivity index (χ1n) is 10.6. The van der Waals surface area contributed by atoms with Gasteiger partial charge in [-0.1, -0.05) is 0 Å². The summed E-state index contributed by atoms with van der Waals surface area (Å²) in [4.78, 5) is 26.4. The maximum absolute atomic E-state index is 12.2. The van der Waals surface area contributed by atoms with Gasteiger partial charge < -0.3 is 15.4 Å². The van der Waals surface area contributed by atoms with E-state index in [2.05, 4.69) is 15.5 Å². The summed E-state index contributed by atoms with van der Waals surface area (Å²) in [5.41, 5.74) is 1.79. The molecule has 154 valence electrons. The van der Waals surface area contributed by atoms with Gasteiger partial charge in [-0.2, -0.15) is 0 Å². The van der Waals surface area contributed by atoms with Crippen LogP contribution in [-0.2, 0) is 11.3 Å². The Morgan fingerprint density at radius 2 is 2.14 bits per heavy atom. The fourth-order valence-corrected chi connectivity index (χ4v) is 4.20. The van der Waals surface area contributed by atoms with Crippen LogP contribution in [0.5, 0.6) is 5.75 Å². The summed E-state index contributed by atoms with van der Waals surface area (Å²) in [7, 11) is 0. The number of amides is 1. The van der Waals surface area contributed by atoms with Crippen molar-refractivity contribution in [2.75, 3.05) is 32.8 Å². The molecule has 0 saturated carbocycles. The summed E-state index contributed by atoms with van der Waals surface area (Å²) in [5, 5.41) is 6.39. The molecule has 1 aromatic carbocycles. The standard InChI is InChI=1S/C22H33N3O3/c1-3-28-21-9-8-18(16(2)26)12-19(21)15-25-11-5-6-17(14-25)13-24-22(27)20-7-4-10-23-20/h8-9,12,17,20,23H,3-7,10-11,13-15H2,1-2H3,(H,24,27). The van der Waals surface area contributed by atoms with Gasteiger partial charge >= 0.3 is 0 Å². The molecule has 2 unspecified atom stereocenters. The molecule has 1 aromatic rings. The van der Waals surface area contributed by atoms with E-state index in [1.807, 2.05) is 25.1 Å². The van der Waals surface area contributed by atoms with E-state index in [-0.39, 0.29) is 17.7 Å². The molecule has 0 bridgehead atoms. The Labute approximate surface area is 168 Å². The Kier molecular flexibility index (Phi) is 7.45. The van der Waals surface area contributed by atoms with Crippen LogP contribution in [0.1, 0.15) is 55.5 Å². The van der Waals surface area contributed by atoms with E-state index < -0.39 is 0 Å². The topological polar surface area (TPSA) is 70.7 Å². The Hall–Kier alpha value is -1.92. The van der Waals surface area contributed by atoms with Crippen LogP contribution in [0.25, 0.3) is 0 Å². The molecule has 0 aromatic heterocycles. The summed E-state index contributed by atoms with van der Waals surface area (Å²) in [6.07, 6.45) is 4.28. The average Bonchev–Trinajstić information content (AvgIpc) is 3.23. The summed E-state index contributed by atoms with van der Waals surface area (Å²) < 4.78 is 5.77. The maximum atomic E-state index is 12.2. The quantitative estimate of drug-likeness (QED) is 0.670. The zero-order valence-electron chi connectivity index (χ0n) is 17.1. The molecule has 2 N–H and O–H groups in total. The summed E-state index contributed by atoms with van der Waals surface area (Å²) >= 11 is 0. The van der Waals surface area contributed by atoms with Crippen molar-refractivity contribution >= 4 is 11.7 Å². The lowest BCUT2D eigenvalue weighted by Crippen LogP contribution is -2.45. The van der Waals surface area contributed by atoms with E-state index in [0.717, 1.165) is 75.3 Å². The number of rotatable bonds is 8. The maximum Gasteiger partial charge on any atom is 0.237 e. The van der Waals surface area contributed by atoms with E-state index in [1.54, 1.807) is 6.92 Å². The molecule has 1 amide bonds. The predicted octanol–water partition coefficient (Wildman–Crippen LogP) is 2.37. The van der Waals surface area contributed by atoms with Gasteiger partial charge in [-0.05, 0) is 76.7 Å². The summed E-state index contributed by atoms with van der Waals surface area (Å²) in [6.45, 7) is 8.61. The van der Waals surface area contributed by atoms with Gasteiger partial charge in [0.05, 0.1) is 12.6 Å². The van der Waals surface area contributed by atoms with Gasteiger partial charge in [0.1, 0.15) is 5.75 Å². The van der Waals surface area contributed by atoms with E-state index in [4.69, 9.17) is 4.74 Å². The Bertz CT molecular complexity index is 686. The number of Topliss-reactive ketones (excluding diaryl/α,β-unsaturated/α-hetero) is 1. The second-order valence-electron chi connectivity index (χ2n) is 7.95. The minimum absolute atomic E-state index is 0.0113. The van der Waals surface area contributed by atoms with Crippen molar-refractivity contribution in [1.29, 1.82) is 0 Å². The van der Waals surface area contributed by atoms with E-state index in [9.17, 15) is 9.59 Å². The number of hydrogen-bond donors (Lipinski definition) is 2. The summed E-state index contributed by atoms with van der Waals surface area (Å²) in [6, 6.07) is 5.70. The van der Waals surface area contributed by atoms with Crippen molar-refractivity contribution in [3.05, 3.63) is 29.3 Å². The predicted molar refractivity (Wildman–Crippen MR) is 110 cm³/mol. The van der Waals surface area contributed by atoms with E-state index in [0.29, 0.717) is 12.5 Å². The van der Waals surface area contributed by atoms with Crippen molar-refractivity contribution in [1.82, 2.24) is 15.5 Å². The second-order valence-corrected chi connectivity index (χ2v) is 7.95. The third-order valence-corrected chi connectivity index (χ3v) is 5.71. The van der Waals surface area contributed by atoms with Crippen molar-refractivity contribution in [3.8, 4) is 5.75 Å². The molecule has 3 rings (SSSR count). The van der Waals surface area contributed by atoms with Crippen LogP contribution in [0.3, 0.4) is 0 Å². The third-order valence-electron chi connectivity index (χ3n) is 5.71. The van der Waals surface area contributed by atoms with Crippen molar-refractivity contribution in [2.45, 2.75) is 52.1 Å². The highest BCUT2D eigenvalue weighted by molar-refractivity contribution is 5.94. The molecule has 2 heterocycles. The molecule has 2 atom stereocenters. The monoisotopic (exact) mass is 387 g/mol. The van der Waals surface area contributed by atoms with Gasteiger partial charge in [0, 0.05) is 30.8 Å². The molecule has 2 saturated heterocycles. The zero-order valence-corrected chi connectivity index (χ0v) is 17.1. The van der Waals surface area contributed by atoms with Gasteiger partial charge in [-0.3, -0.25) is 14.5 Å². The zero-order chi connectivity index (χ0) is 19.9. The number of carbonyl (C=O) groups is 2. The molecule has 28 heavy (non-hydrogen) atoms. The number of likely N-dealkylation sites (tertiary alicyclic amines) is 1. The number of ketones is 1. The van der Waals surface area contributed by atoms with Crippen LogP contribution in [0, 0.1) is 5.92 Å². The number of benzene rings is 1. The first kappa shape index (κ1) is 20.8. The number of nitrogens with one attached hydrogen (secondary N) is 2. The Morgan fingerprint density at radius 1 is 1.29 bits per heavy atom. The van der Waals surface area contributed by atoms with Gasteiger partial charge in [-0.15, -0.1) is 0 Å². The molecule has 0 spiro atoms. The molecule has 6 heteroatoms. The number of carbonyl (C=O) groups excluding carboxylic acids is 2. The van der Waals surface area contributed by atoms with E-state index in [1.165, 1.54) is 0 Å². The van der Waals surface area contributed by atoms with Crippen LogP contribution < -0.4 is 15.4 Å². The van der Waals surface area contributed by atoms with Crippen LogP contribution in [-0.4, -0.2) is 55.4 Å². The lowest BCUT2D eigenvalue weighted by molar-refractivity contribution is -0.123. The number of hydrogen-bond acceptors (Lipinski definition) is 5. The minimum atomic E-state index is -0.0113. The molecular formula is C22H33N3O3. The molecular weight excluding hydrogens is 354 g/mol. The smallest absolute Gasteiger partial charge is 0.237 e. The van der Waals surface area contributed by atoms with Gasteiger partial charge in [0.25, 0.3) is 0 Å². The largest absolute Gasteiger partial charge is 0.494 e. The van der Waals surface area contributed by atoms with Crippen LogP contribution in [0.2, 0.25) is 0 Å². The van der Waals surface area contributed by atoms with Crippen molar-refractivity contribution in [2.24, 2.45) is 5.92 Å². The van der Waals surface area contributed by atoms with Crippen LogP contribution in [0.15, 0.2) is 18.2 Å². The minimum Gasteiger partial charge on any atom is -0.494 e. The van der Waals surface area contributed by atoms with Crippen LogP contribution >= 0.6 is 0 Å². The van der Waals surface area contributed by atoms with Gasteiger partial charge in [0.2, 0.25) is 5.91 Å². The first-order valence-corrected chi connectivity index (χ1v) is 10.6. The number of piperidine rings is 1. The highest BCUT2D eigenvalue weighted by Gasteiger charge is 2.25. The average molecular weight is 388 g/mol. The fraction of sp³-hybridized carbons (Fsp3) is 0.636. The molecule has 2 fully saturated rings. The molecule has 2 aliphatic rings. The highest BCUT2D eigenvalue weighted by Crippen LogP contribution is 2.25. The van der Waals surface area contributed by atoms with Gasteiger partial charge in [0.15, 0.2) is 5.78 Å². The van der Waals surface area contributed by atoms with E-state index >= 15 is 0 Å². The molecule has 6 nitrogen and oxygen atoms in total. The Balaban J connectivity index is 1.57. The number of ether oxygens (including phenoxy) is 1. The first-order chi connectivity index (χ1) is 13.6. The van der Waals surface area contributed by atoms with Crippen molar-refractivity contribution in [3.63, 3.8) is 0 Å². The van der Waals surface area contributed by atoms with Gasteiger partial charge in [-0.25, -0.2) is 0 Å². The molecule has 0 radical (unpaired) electrons. The lowest BCUT2D eigenvalue weighted by atomic mass is 9.97. The van der Waals surface area contributed by atoms with Crippen LogP contribution in [0.4, 0.5) is 0 Å². The lowest BCUT2D eigenvalue weighted by Gasteiger charge is -2.33. The second kappa shape index (κ2) is 10.0. The normalized spacial score (nSPS) is 22.8. The van der Waals surface area contributed by atoms with Crippen molar-refractivity contribution < 1.29 is 14.3 Å². The Morgan fingerprint density at radius 3 is 2.86 bits per heavy atom. The molecule has 2 aliphatic heterocycles.